The highest BCUT2D eigenvalue weighted by atomic mass is 35.5. The molecule has 3 aromatic carbocycles. The molecule has 11 heteroatoms. The molecular formula is C29H31Cl2FN2O6. The minimum atomic E-state index is -1.01. The molecule has 0 saturated heterocycles. The zero-order chi connectivity index (χ0) is 28.9. The van der Waals surface area contributed by atoms with Crippen LogP contribution in [-0.4, -0.2) is 61.0 Å². The maximum atomic E-state index is 13.6. The summed E-state index contributed by atoms with van der Waals surface area (Å²) in [5.41, 5.74) is 1.92. The number of nitrogens with zero attached hydrogens (tertiary/aromatic N) is 1. The number of carboxylic acids is 1. The average molecular weight is 593 g/mol. The van der Waals surface area contributed by atoms with Gasteiger partial charge >= 0.3 is 12.0 Å². The number of hydrogen-bond donors (Lipinski definition) is 2. The number of hydrogen-bond acceptors (Lipinski definition) is 5. The van der Waals surface area contributed by atoms with Gasteiger partial charge in [-0.15, -0.1) is 0 Å². The molecular weight excluding hydrogens is 562 g/mol. The van der Waals surface area contributed by atoms with E-state index in [1.165, 1.54) is 23.1 Å². The van der Waals surface area contributed by atoms with Gasteiger partial charge in [-0.05, 0) is 66.6 Å². The Morgan fingerprint density at radius 2 is 1.68 bits per heavy atom. The Bertz CT molecular complexity index is 1240. The molecule has 0 radical (unpaired) electrons. The van der Waals surface area contributed by atoms with E-state index in [0.29, 0.717) is 28.1 Å². The van der Waals surface area contributed by atoms with Crippen molar-refractivity contribution in [2.24, 2.45) is 0 Å². The van der Waals surface area contributed by atoms with Crippen LogP contribution in [0.25, 0.3) is 0 Å². The van der Waals surface area contributed by atoms with Crippen LogP contribution in [0.5, 0.6) is 5.75 Å². The molecule has 2 amide bonds. The Kier molecular flexibility index (Phi) is 12.5. The Morgan fingerprint density at radius 1 is 0.975 bits per heavy atom. The molecule has 0 fully saturated rings. The highest BCUT2D eigenvalue weighted by Crippen LogP contribution is 2.20. The van der Waals surface area contributed by atoms with Crippen LogP contribution in [0, 0.1) is 5.82 Å². The SMILES string of the molecule is CCOC(Cc1ccc(OCCN(CCOCc2cc(Cl)cc(Cl)c2)C(=O)Nc2cccc(F)c2)cc1)C(=O)O. The quantitative estimate of drug-likeness (QED) is 0.201. The predicted octanol–water partition coefficient (Wildman–Crippen LogP) is 6.29. The summed E-state index contributed by atoms with van der Waals surface area (Å²) in [6.07, 6.45) is -0.682. The minimum absolute atomic E-state index is 0.177. The molecule has 0 aliphatic heterocycles. The molecule has 1 unspecified atom stereocenters. The fourth-order valence-electron chi connectivity index (χ4n) is 3.77. The first kappa shape index (κ1) is 31.2. The summed E-state index contributed by atoms with van der Waals surface area (Å²) in [5.74, 6) is -0.915. The topological polar surface area (TPSA) is 97.3 Å². The van der Waals surface area contributed by atoms with Crippen LogP contribution in [0.4, 0.5) is 14.9 Å². The van der Waals surface area contributed by atoms with Crippen molar-refractivity contribution in [3.8, 4) is 5.75 Å². The van der Waals surface area contributed by atoms with E-state index in [2.05, 4.69) is 5.32 Å². The summed E-state index contributed by atoms with van der Waals surface area (Å²) in [6, 6.07) is 17.3. The monoisotopic (exact) mass is 592 g/mol. The van der Waals surface area contributed by atoms with E-state index in [1.807, 2.05) is 0 Å². The van der Waals surface area contributed by atoms with Crippen LogP contribution in [0.15, 0.2) is 66.7 Å². The largest absolute Gasteiger partial charge is 0.492 e. The van der Waals surface area contributed by atoms with Crippen LogP contribution >= 0.6 is 23.2 Å². The van der Waals surface area contributed by atoms with Crippen LogP contribution in [0.2, 0.25) is 10.0 Å². The van der Waals surface area contributed by atoms with Gasteiger partial charge in [-0.1, -0.05) is 41.4 Å². The molecule has 2 N–H and O–H groups in total. The summed E-state index contributed by atoms with van der Waals surface area (Å²) in [4.78, 5) is 25.8. The molecule has 0 heterocycles. The van der Waals surface area contributed by atoms with Gasteiger partial charge in [0.1, 0.15) is 18.2 Å². The van der Waals surface area contributed by atoms with Gasteiger partial charge < -0.3 is 29.5 Å². The van der Waals surface area contributed by atoms with E-state index in [1.54, 1.807) is 55.5 Å². The third-order valence-electron chi connectivity index (χ3n) is 5.68. The Morgan fingerprint density at radius 3 is 2.33 bits per heavy atom. The Balaban J connectivity index is 1.55. The van der Waals surface area contributed by atoms with Gasteiger partial charge in [-0.3, -0.25) is 0 Å². The number of urea groups is 1. The number of anilines is 1. The number of amides is 2. The number of carboxylic acid groups (broad SMARTS) is 1. The van der Waals surface area contributed by atoms with Gasteiger partial charge in [0, 0.05) is 35.3 Å². The Hall–Kier alpha value is -3.37. The number of nitrogens with one attached hydrogen (secondary N) is 1. The lowest BCUT2D eigenvalue weighted by Gasteiger charge is -2.23. The lowest BCUT2D eigenvalue weighted by atomic mass is 10.1. The fraction of sp³-hybridized carbons (Fsp3) is 0.310. The van der Waals surface area contributed by atoms with Crippen molar-refractivity contribution in [1.29, 1.82) is 0 Å². The minimum Gasteiger partial charge on any atom is -0.492 e. The van der Waals surface area contributed by atoms with Gasteiger partial charge in [0.2, 0.25) is 0 Å². The number of carbonyl (C=O) groups excluding carboxylic acids is 1. The molecule has 0 aromatic heterocycles. The molecule has 214 valence electrons. The van der Waals surface area contributed by atoms with Crippen molar-refractivity contribution in [2.75, 3.05) is 38.2 Å². The van der Waals surface area contributed by atoms with E-state index in [0.717, 1.165) is 11.1 Å². The lowest BCUT2D eigenvalue weighted by Crippen LogP contribution is -2.40. The summed E-state index contributed by atoms with van der Waals surface area (Å²) >= 11 is 12.1. The van der Waals surface area contributed by atoms with E-state index < -0.39 is 23.9 Å². The van der Waals surface area contributed by atoms with Crippen LogP contribution < -0.4 is 10.1 Å². The molecule has 0 spiro atoms. The van der Waals surface area contributed by atoms with Crippen molar-refractivity contribution in [3.63, 3.8) is 0 Å². The third kappa shape index (κ3) is 10.7. The van der Waals surface area contributed by atoms with Gasteiger partial charge in [0.25, 0.3) is 0 Å². The maximum absolute atomic E-state index is 13.6. The van der Waals surface area contributed by atoms with Crippen molar-refractivity contribution in [3.05, 3.63) is 93.7 Å². The fourth-order valence-corrected chi connectivity index (χ4v) is 4.34. The van der Waals surface area contributed by atoms with E-state index in [4.69, 9.17) is 37.4 Å². The van der Waals surface area contributed by atoms with E-state index in [-0.39, 0.29) is 39.3 Å². The second kappa shape index (κ2) is 16.0. The van der Waals surface area contributed by atoms with Crippen LogP contribution in [0.1, 0.15) is 18.1 Å². The smallest absolute Gasteiger partial charge is 0.333 e. The lowest BCUT2D eigenvalue weighted by molar-refractivity contribution is -0.149. The second-order valence-electron chi connectivity index (χ2n) is 8.74. The number of ether oxygens (including phenoxy) is 3. The molecule has 40 heavy (non-hydrogen) atoms. The zero-order valence-corrected chi connectivity index (χ0v) is 23.5. The molecule has 0 bridgehead atoms. The first-order valence-electron chi connectivity index (χ1n) is 12.6. The van der Waals surface area contributed by atoms with Crippen molar-refractivity contribution < 1.29 is 33.3 Å². The number of rotatable bonds is 15. The first-order chi connectivity index (χ1) is 19.2. The van der Waals surface area contributed by atoms with Gasteiger partial charge in [0.15, 0.2) is 6.10 Å². The standard InChI is InChI=1S/C29H31Cl2FN2O6/c1-2-39-27(28(35)36)16-20-6-8-26(9-7-20)40-13-11-34(29(37)33-25-5-3-4-24(32)18-25)10-12-38-19-21-14-22(30)17-23(31)15-21/h3-9,14-15,17-18,27H,2,10-13,16,19H2,1H3,(H,33,37)(H,35,36). The molecule has 8 nitrogen and oxygen atoms in total. The summed E-state index contributed by atoms with van der Waals surface area (Å²) in [5, 5.41) is 13.0. The van der Waals surface area contributed by atoms with Crippen LogP contribution in [-0.2, 0) is 27.3 Å². The van der Waals surface area contributed by atoms with Gasteiger partial charge in [-0.2, -0.15) is 0 Å². The summed E-state index contributed by atoms with van der Waals surface area (Å²) in [7, 11) is 0. The molecule has 0 saturated carbocycles. The maximum Gasteiger partial charge on any atom is 0.333 e. The van der Waals surface area contributed by atoms with Gasteiger partial charge in [-0.25, -0.2) is 14.0 Å². The molecule has 0 aliphatic carbocycles. The van der Waals surface area contributed by atoms with E-state index >= 15 is 0 Å². The highest BCUT2D eigenvalue weighted by molar-refractivity contribution is 6.34. The van der Waals surface area contributed by atoms with E-state index in [9.17, 15) is 19.1 Å². The summed E-state index contributed by atoms with van der Waals surface area (Å²) in [6.45, 7) is 3.18. The normalized spacial score (nSPS) is 11.6. The Labute approximate surface area is 242 Å². The molecule has 0 aliphatic rings. The predicted molar refractivity (Wildman–Crippen MR) is 152 cm³/mol. The third-order valence-corrected chi connectivity index (χ3v) is 6.11. The number of halogens is 3. The highest BCUT2D eigenvalue weighted by Gasteiger charge is 2.18. The van der Waals surface area contributed by atoms with Crippen molar-refractivity contribution in [2.45, 2.75) is 26.1 Å². The van der Waals surface area contributed by atoms with Crippen molar-refractivity contribution in [1.82, 2.24) is 4.90 Å². The average Bonchev–Trinajstić information content (AvgIpc) is 2.90. The number of aliphatic carboxylic acids is 1. The molecule has 3 rings (SSSR count). The van der Waals surface area contributed by atoms with Gasteiger partial charge in [0.05, 0.1) is 19.8 Å². The number of benzene rings is 3. The second-order valence-corrected chi connectivity index (χ2v) is 9.61. The molecule has 3 aromatic rings. The zero-order valence-electron chi connectivity index (χ0n) is 21.9. The van der Waals surface area contributed by atoms with Crippen LogP contribution in [0.3, 0.4) is 0 Å². The van der Waals surface area contributed by atoms with Crippen molar-refractivity contribution >= 4 is 40.9 Å². The number of carbonyl (C=O) groups is 2. The molecule has 1 atom stereocenters. The first-order valence-corrected chi connectivity index (χ1v) is 13.4. The summed E-state index contributed by atoms with van der Waals surface area (Å²) < 4.78 is 30.4.